The predicted molar refractivity (Wildman–Crippen MR) is 108 cm³/mol. The first-order valence-corrected chi connectivity index (χ1v) is 9.05. The van der Waals surface area contributed by atoms with Crippen LogP contribution in [0, 0.1) is 0 Å². The van der Waals surface area contributed by atoms with Gasteiger partial charge >= 0.3 is 0 Å². The van der Waals surface area contributed by atoms with Crippen LogP contribution in [0.1, 0.15) is 18.4 Å². The molecule has 0 spiro atoms. The maximum atomic E-state index is 11.8. The number of aromatic hydroxyl groups is 1. The van der Waals surface area contributed by atoms with Gasteiger partial charge in [0, 0.05) is 17.0 Å². The second-order valence-electron chi connectivity index (χ2n) is 5.59. The Morgan fingerprint density at radius 3 is 2.43 bits per heavy atom. The Bertz CT molecular complexity index is 833. The average molecular weight is 427 g/mol. The molecular formula is C19H20Cl2N2O5. The number of methoxy groups -OCH3 is 2. The van der Waals surface area contributed by atoms with Gasteiger partial charge in [-0.2, -0.15) is 5.10 Å². The van der Waals surface area contributed by atoms with Crippen LogP contribution in [0.2, 0.25) is 10.0 Å². The van der Waals surface area contributed by atoms with E-state index in [-0.39, 0.29) is 29.6 Å². The summed E-state index contributed by atoms with van der Waals surface area (Å²) in [7, 11) is 2.85. The largest absolute Gasteiger partial charge is 0.502 e. The standard InChI is InChI=1S/C19H20Cl2N2O5/c1-26-16-8-12(9-17(27-2)19(16)25)11-22-23-18(24)4-3-7-28-15-6-5-13(20)10-14(15)21/h5-6,8-11,25H,3-4,7H2,1-2H3,(H,23,24). The Labute approximate surface area is 172 Å². The fraction of sp³-hybridized carbons (Fsp3) is 0.263. The summed E-state index contributed by atoms with van der Waals surface area (Å²) >= 11 is 11.8. The Kier molecular flexibility index (Phi) is 8.22. The SMILES string of the molecule is COc1cc(C=NNC(=O)CCCOc2ccc(Cl)cc2Cl)cc(OC)c1O. The lowest BCUT2D eigenvalue weighted by atomic mass is 10.2. The lowest BCUT2D eigenvalue weighted by Gasteiger charge is -2.09. The Balaban J connectivity index is 1.79. The molecule has 0 radical (unpaired) electrons. The summed E-state index contributed by atoms with van der Waals surface area (Å²) < 4.78 is 15.6. The number of carbonyl (C=O) groups excluding carboxylic acids is 1. The number of hydrazone groups is 1. The number of halogens is 2. The molecule has 7 nitrogen and oxygen atoms in total. The highest BCUT2D eigenvalue weighted by Crippen LogP contribution is 2.36. The molecule has 0 heterocycles. The van der Waals surface area contributed by atoms with Gasteiger partial charge in [-0.05, 0) is 36.8 Å². The van der Waals surface area contributed by atoms with Crippen molar-refractivity contribution in [2.24, 2.45) is 5.10 Å². The van der Waals surface area contributed by atoms with Gasteiger partial charge < -0.3 is 19.3 Å². The fourth-order valence-electron chi connectivity index (χ4n) is 2.23. The number of hydrogen-bond acceptors (Lipinski definition) is 6. The van der Waals surface area contributed by atoms with Crippen LogP contribution in [0.3, 0.4) is 0 Å². The van der Waals surface area contributed by atoms with Crippen molar-refractivity contribution in [2.45, 2.75) is 12.8 Å². The van der Waals surface area contributed by atoms with Gasteiger partial charge in [0.2, 0.25) is 11.7 Å². The zero-order valence-corrected chi connectivity index (χ0v) is 16.9. The number of ether oxygens (including phenoxy) is 3. The smallest absolute Gasteiger partial charge is 0.240 e. The quantitative estimate of drug-likeness (QED) is 0.359. The second-order valence-corrected chi connectivity index (χ2v) is 6.44. The molecule has 150 valence electrons. The Morgan fingerprint density at radius 2 is 1.82 bits per heavy atom. The molecule has 2 aromatic carbocycles. The molecule has 0 fully saturated rings. The topological polar surface area (TPSA) is 89.4 Å². The summed E-state index contributed by atoms with van der Waals surface area (Å²) in [6, 6.07) is 8.08. The fourth-order valence-corrected chi connectivity index (χ4v) is 2.69. The van der Waals surface area contributed by atoms with Crippen LogP contribution >= 0.6 is 23.2 Å². The second kappa shape index (κ2) is 10.6. The van der Waals surface area contributed by atoms with Gasteiger partial charge in [0.25, 0.3) is 0 Å². The number of hydrogen-bond donors (Lipinski definition) is 2. The van der Waals surface area contributed by atoms with Crippen molar-refractivity contribution in [1.82, 2.24) is 5.43 Å². The maximum Gasteiger partial charge on any atom is 0.240 e. The number of nitrogens with zero attached hydrogens (tertiary/aromatic N) is 1. The molecule has 0 unspecified atom stereocenters. The molecule has 2 rings (SSSR count). The summed E-state index contributed by atoms with van der Waals surface area (Å²) in [4.78, 5) is 11.8. The third kappa shape index (κ3) is 6.21. The highest BCUT2D eigenvalue weighted by atomic mass is 35.5. The van der Waals surface area contributed by atoms with Gasteiger partial charge in [-0.25, -0.2) is 5.43 Å². The molecular weight excluding hydrogens is 407 g/mol. The van der Waals surface area contributed by atoms with Crippen molar-refractivity contribution in [3.63, 3.8) is 0 Å². The van der Waals surface area contributed by atoms with E-state index in [0.717, 1.165) is 0 Å². The molecule has 9 heteroatoms. The zero-order valence-electron chi connectivity index (χ0n) is 15.4. The van der Waals surface area contributed by atoms with Crippen molar-refractivity contribution in [3.8, 4) is 23.0 Å². The molecule has 0 saturated carbocycles. The first kappa shape index (κ1) is 21.7. The predicted octanol–water partition coefficient (Wildman–Crippen LogP) is 4.03. The molecule has 28 heavy (non-hydrogen) atoms. The number of nitrogens with one attached hydrogen (secondary N) is 1. The maximum absolute atomic E-state index is 11.8. The number of amides is 1. The van der Waals surface area contributed by atoms with Crippen LogP contribution in [-0.2, 0) is 4.79 Å². The number of phenols is 1. The number of phenolic OH excluding ortho intramolecular Hbond substituents is 1. The van der Waals surface area contributed by atoms with E-state index in [4.69, 9.17) is 37.4 Å². The van der Waals surface area contributed by atoms with E-state index in [1.54, 1.807) is 30.3 Å². The van der Waals surface area contributed by atoms with Crippen molar-refractivity contribution in [1.29, 1.82) is 0 Å². The molecule has 0 atom stereocenters. The van der Waals surface area contributed by atoms with Crippen LogP contribution in [-0.4, -0.2) is 38.1 Å². The number of carbonyl (C=O) groups is 1. The van der Waals surface area contributed by atoms with E-state index in [1.807, 2.05) is 0 Å². The van der Waals surface area contributed by atoms with Crippen LogP contribution in [0.15, 0.2) is 35.4 Å². The lowest BCUT2D eigenvalue weighted by molar-refractivity contribution is -0.121. The third-order valence-corrected chi connectivity index (χ3v) is 4.14. The van der Waals surface area contributed by atoms with E-state index < -0.39 is 0 Å². The Morgan fingerprint density at radius 1 is 1.14 bits per heavy atom. The van der Waals surface area contributed by atoms with Crippen molar-refractivity contribution in [3.05, 3.63) is 45.9 Å². The summed E-state index contributed by atoms with van der Waals surface area (Å²) in [5, 5.41) is 14.7. The molecule has 2 aromatic rings. The van der Waals surface area contributed by atoms with Crippen molar-refractivity contribution >= 4 is 35.3 Å². The minimum absolute atomic E-state index is 0.105. The monoisotopic (exact) mass is 426 g/mol. The van der Waals surface area contributed by atoms with E-state index in [9.17, 15) is 9.90 Å². The van der Waals surface area contributed by atoms with Crippen LogP contribution in [0.25, 0.3) is 0 Å². The van der Waals surface area contributed by atoms with Gasteiger partial charge in [0.15, 0.2) is 11.5 Å². The highest BCUT2D eigenvalue weighted by Gasteiger charge is 2.10. The summed E-state index contributed by atoms with van der Waals surface area (Å²) in [6.45, 7) is 0.324. The molecule has 0 aliphatic carbocycles. The first-order chi connectivity index (χ1) is 13.4. The van der Waals surface area contributed by atoms with Crippen molar-refractivity contribution in [2.75, 3.05) is 20.8 Å². The Hall–Kier alpha value is -2.64. The van der Waals surface area contributed by atoms with E-state index in [0.29, 0.717) is 34.4 Å². The highest BCUT2D eigenvalue weighted by molar-refractivity contribution is 6.35. The summed E-state index contributed by atoms with van der Waals surface area (Å²) in [5.74, 6) is 0.627. The molecule has 0 aliphatic heterocycles. The molecule has 2 N–H and O–H groups in total. The van der Waals surface area contributed by atoms with Crippen LogP contribution < -0.4 is 19.6 Å². The molecule has 0 aromatic heterocycles. The molecule has 0 bridgehead atoms. The average Bonchev–Trinajstić information content (AvgIpc) is 2.67. The van der Waals surface area contributed by atoms with Crippen LogP contribution in [0.4, 0.5) is 0 Å². The van der Waals surface area contributed by atoms with Crippen LogP contribution in [0.5, 0.6) is 23.0 Å². The number of rotatable bonds is 9. The van der Waals surface area contributed by atoms with Gasteiger partial charge in [-0.1, -0.05) is 23.2 Å². The zero-order chi connectivity index (χ0) is 20.5. The van der Waals surface area contributed by atoms with Crippen molar-refractivity contribution < 1.29 is 24.1 Å². The first-order valence-electron chi connectivity index (χ1n) is 8.29. The van der Waals surface area contributed by atoms with Gasteiger partial charge in [0.05, 0.1) is 32.1 Å². The van der Waals surface area contributed by atoms with Gasteiger partial charge in [-0.15, -0.1) is 0 Å². The molecule has 0 aliphatic rings. The summed E-state index contributed by atoms with van der Waals surface area (Å²) in [5.41, 5.74) is 3.02. The normalized spacial score (nSPS) is 10.7. The number of benzene rings is 2. The van der Waals surface area contributed by atoms with E-state index in [2.05, 4.69) is 10.5 Å². The summed E-state index contributed by atoms with van der Waals surface area (Å²) in [6.07, 6.45) is 2.14. The van der Waals surface area contributed by atoms with E-state index >= 15 is 0 Å². The third-order valence-electron chi connectivity index (χ3n) is 3.60. The molecule has 0 saturated heterocycles. The lowest BCUT2D eigenvalue weighted by Crippen LogP contribution is -2.18. The van der Waals surface area contributed by atoms with Gasteiger partial charge in [0.1, 0.15) is 5.75 Å². The minimum atomic E-state index is -0.264. The van der Waals surface area contributed by atoms with Gasteiger partial charge in [-0.3, -0.25) is 4.79 Å². The minimum Gasteiger partial charge on any atom is -0.502 e. The molecule has 1 amide bonds. The van der Waals surface area contributed by atoms with E-state index in [1.165, 1.54) is 20.4 Å².